The molecule has 1 N–H and O–H groups in total. The van der Waals surface area contributed by atoms with Gasteiger partial charge in [-0.1, -0.05) is 35.9 Å². The number of benzene rings is 1. The molecule has 4 heteroatoms. The fourth-order valence-electron chi connectivity index (χ4n) is 1.99. The summed E-state index contributed by atoms with van der Waals surface area (Å²) < 4.78 is 1.94. The Morgan fingerprint density at radius 1 is 1.20 bits per heavy atom. The highest BCUT2D eigenvalue weighted by Crippen LogP contribution is 2.17. The lowest BCUT2D eigenvalue weighted by molar-refractivity contribution is 0.423. The second kappa shape index (κ2) is 5.98. The second-order valence-electron chi connectivity index (χ2n) is 6.11. The topological polar surface area (TPSA) is 29.9 Å². The Morgan fingerprint density at radius 2 is 1.85 bits per heavy atom. The van der Waals surface area contributed by atoms with Crippen LogP contribution in [0.5, 0.6) is 0 Å². The van der Waals surface area contributed by atoms with E-state index in [2.05, 4.69) is 55.5 Å². The van der Waals surface area contributed by atoms with E-state index in [1.807, 2.05) is 11.6 Å². The number of hydrogen-bond donors (Lipinski definition) is 1. The van der Waals surface area contributed by atoms with Crippen LogP contribution in [0.25, 0.3) is 0 Å². The summed E-state index contributed by atoms with van der Waals surface area (Å²) in [6.07, 6.45) is 1.70. The maximum atomic E-state index is 6.06. The van der Waals surface area contributed by atoms with Gasteiger partial charge in [-0.3, -0.25) is 4.68 Å². The maximum Gasteiger partial charge on any atom is 0.0815 e. The van der Waals surface area contributed by atoms with Crippen molar-refractivity contribution >= 4 is 11.6 Å². The van der Waals surface area contributed by atoms with Crippen molar-refractivity contribution < 1.29 is 0 Å². The van der Waals surface area contributed by atoms with Crippen molar-refractivity contribution in [2.45, 2.75) is 46.3 Å². The minimum Gasteiger partial charge on any atom is -0.308 e. The molecule has 0 bridgehead atoms. The average molecular weight is 292 g/mol. The van der Waals surface area contributed by atoms with Crippen molar-refractivity contribution in [3.05, 3.63) is 52.3 Å². The number of rotatable bonds is 4. The molecule has 0 unspecified atom stereocenters. The van der Waals surface area contributed by atoms with Crippen LogP contribution in [0.4, 0.5) is 0 Å². The Hall–Kier alpha value is -1.32. The normalized spacial score (nSPS) is 11.8. The molecule has 0 saturated heterocycles. The lowest BCUT2D eigenvalue weighted by atomic mass is 10.0. The van der Waals surface area contributed by atoms with Crippen LogP contribution in [0.3, 0.4) is 0 Å². The van der Waals surface area contributed by atoms with Gasteiger partial charge in [0, 0.05) is 12.1 Å². The van der Waals surface area contributed by atoms with Gasteiger partial charge in [-0.25, -0.2) is 0 Å². The fourth-order valence-corrected chi connectivity index (χ4v) is 2.13. The van der Waals surface area contributed by atoms with Gasteiger partial charge in [-0.2, -0.15) is 5.10 Å². The van der Waals surface area contributed by atoms with E-state index >= 15 is 0 Å². The Balaban J connectivity index is 2.18. The molecule has 0 spiro atoms. The molecular weight excluding hydrogens is 270 g/mol. The Morgan fingerprint density at radius 3 is 2.40 bits per heavy atom. The molecule has 0 amide bonds. The molecule has 108 valence electrons. The smallest absolute Gasteiger partial charge is 0.0815 e. The number of halogens is 1. The monoisotopic (exact) mass is 291 g/mol. The zero-order chi connectivity index (χ0) is 14.8. The van der Waals surface area contributed by atoms with Crippen molar-refractivity contribution in [2.75, 3.05) is 0 Å². The first-order valence-corrected chi connectivity index (χ1v) is 7.24. The number of hydrogen-bond acceptors (Lipinski definition) is 2. The lowest BCUT2D eigenvalue weighted by Crippen LogP contribution is -2.35. The Labute approximate surface area is 126 Å². The molecule has 0 aliphatic rings. The van der Waals surface area contributed by atoms with Gasteiger partial charge in [0.05, 0.1) is 23.5 Å². The minimum atomic E-state index is 0.109. The van der Waals surface area contributed by atoms with E-state index in [4.69, 9.17) is 11.6 Å². The standard InChI is InChI=1S/C16H22ClN3/c1-12-15(17)10-19-20(12)11-14-8-6-5-7-13(14)9-18-16(2,3)4/h5-8,10,18H,9,11H2,1-4H3. The molecule has 0 fully saturated rings. The zero-order valence-corrected chi connectivity index (χ0v) is 13.3. The molecule has 1 aromatic carbocycles. The summed E-state index contributed by atoms with van der Waals surface area (Å²) in [5, 5.41) is 8.57. The van der Waals surface area contributed by atoms with Gasteiger partial charge < -0.3 is 5.32 Å². The van der Waals surface area contributed by atoms with Crippen LogP contribution < -0.4 is 5.32 Å². The third-order valence-corrected chi connectivity index (χ3v) is 3.66. The van der Waals surface area contributed by atoms with E-state index in [9.17, 15) is 0 Å². The van der Waals surface area contributed by atoms with Crippen molar-refractivity contribution in [3.8, 4) is 0 Å². The lowest BCUT2D eigenvalue weighted by Gasteiger charge is -2.21. The van der Waals surface area contributed by atoms with Gasteiger partial charge in [0.2, 0.25) is 0 Å². The average Bonchev–Trinajstić information content (AvgIpc) is 2.69. The van der Waals surface area contributed by atoms with Gasteiger partial charge in [0.15, 0.2) is 0 Å². The van der Waals surface area contributed by atoms with Gasteiger partial charge in [-0.15, -0.1) is 0 Å². The van der Waals surface area contributed by atoms with Gasteiger partial charge >= 0.3 is 0 Å². The quantitative estimate of drug-likeness (QED) is 0.929. The zero-order valence-electron chi connectivity index (χ0n) is 12.6. The Bertz CT molecular complexity index is 582. The summed E-state index contributed by atoms with van der Waals surface area (Å²) in [6.45, 7) is 10.1. The first-order chi connectivity index (χ1) is 9.37. The summed E-state index contributed by atoms with van der Waals surface area (Å²) >= 11 is 6.06. The van der Waals surface area contributed by atoms with Gasteiger partial charge in [0.1, 0.15) is 0 Å². The highest BCUT2D eigenvalue weighted by Gasteiger charge is 2.11. The molecule has 0 saturated carbocycles. The summed E-state index contributed by atoms with van der Waals surface area (Å²) in [6, 6.07) is 8.45. The van der Waals surface area contributed by atoms with Crippen LogP contribution in [0, 0.1) is 6.92 Å². The predicted octanol–water partition coefficient (Wildman–Crippen LogP) is 3.78. The van der Waals surface area contributed by atoms with Crippen LogP contribution in [-0.4, -0.2) is 15.3 Å². The van der Waals surface area contributed by atoms with Crippen molar-refractivity contribution in [3.63, 3.8) is 0 Å². The third-order valence-electron chi connectivity index (χ3n) is 3.29. The minimum absolute atomic E-state index is 0.109. The molecule has 2 aromatic rings. The van der Waals surface area contributed by atoms with E-state index in [1.54, 1.807) is 6.20 Å². The van der Waals surface area contributed by atoms with Crippen LogP contribution in [0.15, 0.2) is 30.5 Å². The van der Waals surface area contributed by atoms with Crippen LogP contribution in [0.1, 0.15) is 37.6 Å². The van der Waals surface area contributed by atoms with Gasteiger partial charge in [0.25, 0.3) is 0 Å². The van der Waals surface area contributed by atoms with Crippen LogP contribution in [0.2, 0.25) is 5.02 Å². The molecule has 0 atom stereocenters. The molecule has 1 aromatic heterocycles. The number of aromatic nitrogens is 2. The van der Waals surface area contributed by atoms with Crippen molar-refractivity contribution in [1.82, 2.24) is 15.1 Å². The number of nitrogens with one attached hydrogen (secondary N) is 1. The summed E-state index contributed by atoms with van der Waals surface area (Å²) in [7, 11) is 0. The van der Waals surface area contributed by atoms with Crippen LogP contribution in [-0.2, 0) is 13.1 Å². The molecule has 0 aliphatic heterocycles. The van der Waals surface area contributed by atoms with E-state index in [0.717, 1.165) is 23.8 Å². The highest BCUT2D eigenvalue weighted by molar-refractivity contribution is 6.31. The number of nitrogens with zero attached hydrogens (tertiary/aromatic N) is 2. The summed E-state index contributed by atoms with van der Waals surface area (Å²) in [5.41, 5.74) is 3.68. The van der Waals surface area contributed by atoms with E-state index in [0.29, 0.717) is 0 Å². The molecule has 1 heterocycles. The Kier molecular flexibility index (Phi) is 4.51. The maximum absolute atomic E-state index is 6.06. The molecule has 20 heavy (non-hydrogen) atoms. The first-order valence-electron chi connectivity index (χ1n) is 6.86. The third kappa shape index (κ3) is 3.84. The van der Waals surface area contributed by atoms with Crippen molar-refractivity contribution in [1.29, 1.82) is 0 Å². The SMILES string of the molecule is Cc1c(Cl)cnn1Cc1ccccc1CNC(C)(C)C. The first kappa shape index (κ1) is 15.1. The van der Waals surface area contributed by atoms with Gasteiger partial charge in [-0.05, 0) is 38.8 Å². The molecule has 3 nitrogen and oxygen atoms in total. The molecule has 0 radical (unpaired) electrons. The fraction of sp³-hybridized carbons (Fsp3) is 0.438. The predicted molar refractivity (Wildman–Crippen MR) is 84.1 cm³/mol. The van der Waals surface area contributed by atoms with Crippen LogP contribution >= 0.6 is 11.6 Å². The molecule has 2 rings (SSSR count). The molecule has 0 aliphatic carbocycles. The van der Waals surface area contributed by atoms with E-state index in [-0.39, 0.29) is 5.54 Å². The summed E-state index contributed by atoms with van der Waals surface area (Å²) in [4.78, 5) is 0. The summed E-state index contributed by atoms with van der Waals surface area (Å²) in [5.74, 6) is 0. The van der Waals surface area contributed by atoms with E-state index in [1.165, 1.54) is 11.1 Å². The largest absolute Gasteiger partial charge is 0.308 e. The molecular formula is C16H22ClN3. The van der Waals surface area contributed by atoms with Crippen molar-refractivity contribution in [2.24, 2.45) is 0 Å². The second-order valence-corrected chi connectivity index (χ2v) is 6.52. The highest BCUT2D eigenvalue weighted by atomic mass is 35.5. The van der Waals surface area contributed by atoms with E-state index < -0.39 is 0 Å².